The first-order valence-electron chi connectivity index (χ1n) is 8.04. The summed E-state index contributed by atoms with van der Waals surface area (Å²) in [6, 6.07) is 10.4. The van der Waals surface area contributed by atoms with E-state index in [1.807, 2.05) is 0 Å². The zero-order chi connectivity index (χ0) is 18.5. The number of rotatable bonds is 6. The highest BCUT2D eigenvalue weighted by Crippen LogP contribution is 2.17. The molecular formula is C18H18N4O4. The van der Waals surface area contributed by atoms with Crippen LogP contribution < -0.4 is 20.3 Å². The number of nitrogens with one attached hydrogen (secondary N) is 1. The number of ether oxygens (including phenoxy) is 2. The lowest BCUT2D eigenvalue weighted by atomic mass is 10.3. The number of pyridine rings is 1. The second kappa shape index (κ2) is 7.64. The Kier molecular flexibility index (Phi) is 5.12. The van der Waals surface area contributed by atoms with Crippen LogP contribution in [0.15, 0.2) is 47.4 Å². The summed E-state index contributed by atoms with van der Waals surface area (Å²) in [5, 5.41) is 2.74. The van der Waals surface area contributed by atoms with E-state index in [0.717, 1.165) is 0 Å². The molecule has 8 heteroatoms. The minimum absolute atomic E-state index is 0.0535. The number of fused-ring (bicyclic) bond motifs is 1. The lowest BCUT2D eigenvalue weighted by Gasteiger charge is -2.12. The minimum atomic E-state index is -0.501. The van der Waals surface area contributed by atoms with Gasteiger partial charge in [0.1, 0.15) is 17.8 Å². The van der Waals surface area contributed by atoms with Crippen molar-refractivity contribution < 1.29 is 14.3 Å². The summed E-state index contributed by atoms with van der Waals surface area (Å²) in [5.74, 6) is 0.192. The van der Waals surface area contributed by atoms with Crippen LogP contribution in [0.3, 0.4) is 0 Å². The van der Waals surface area contributed by atoms with Crippen molar-refractivity contribution in [3.05, 3.63) is 52.9 Å². The average Bonchev–Trinajstić information content (AvgIpc) is 2.65. The fraction of sp³-hybridized carbons (Fsp3) is 0.222. The molecule has 0 bridgehead atoms. The van der Waals surface area contributed by atoms with Crippen LogP contribution >= 0.6 is 0 Å². The molecular weight excluding hydrogens is 336 g/mol. The van der Waals surface area contributed by atoms with Crippen LogP contribution in [-0.2, 0) is 11.3 Å². The monoisotopic (exact) mass is 354 g/mol. The van der Waals surface area contributed by atoms with Crippen LogP contribution in [0.5, 0.6) is 11.6 Å². The van der Waals surface area contributed by atoms with Gasteiger partial charge >= 0.3 is 5.56 Å². The molecule has 1 amide bonds. The van der Waals surface area contributed by atoms with E-state index in [1.54, 1.807) is 56.6 Å². The molecule has 0 saturated carbocycles. The van der Waals surface area contributed by atoms with Crippen LogP contribution in [-0.4, -0.2) is 34.2 Å². The largest absolute Gasteiger partial charge is 0.497 e. The molecule has 0 radical (unpaired) electrons. The first kappa shape index (κ1) is 17.4. The summed E-state index contributed by atoms with van der Waals surface area (Å²) in [5.41, 5.74) is 0.865. The maximum absolute atomic E-state index is 12.6. The summed E-state index contributed by atoms with van der Waals surface area (Å²) >= 11 is 0. The van der Waals surface area contributed by atoms with Crippen molar-refractivity contribution in [2.75, 3.05) is 19.0 Å². The Hall–Kier alpha value is -3.42. The Bertz CT molecular complexity index is 1000. The van der Waals surface area contributed by atoms with Gasteiger partial charge in [0.25, 0.3) is 5.88 Å². The number of nitrogens with zero attached hydrogens (tertiary/aromatic N) is 3. The first-order chi connectivity index (χ1) is 12.6. The molecule has 0 unspecified atom stereocenters. The SMILES string of the molecule is CCOc1nc2cccnc2n(CC(=O)Nc2cccc(OC)c2)c1=O. The second-order valence-corrected chi connectivity index (χ2v) is 5.37. The van der Waals surface area contributed by atoms with Gasteiger partial charge in [-0.25, -0.2) is 9.97 Å². The summed E-state index contributed by atoms with van der Waals surface area (Å²) in [6.45, 7) is 1.84. The quantitative estimate of drug-likeness (QED) is 0.726. The number of anilines is 1. The number of carbonyl (C=O) groups is 1. The number of methoxy groups -OCH3 is 1. The van der Waals surface area contributed by atoms with E-state index in [-0.39, 0.29) is 18.3 Å². The molecule has 26 heavy (non-hydrogen) atoms. The summed E-state index contributed by atoms with van der Waals surface area (Å²) in [6.07, 6.45) is 1.54. The zero-order valence-corrected chi connectivity index (χ0v) is 14.4. The number of aromatic nitrogens is 3. The molecule has 0 atom stereocenters. The van der Waals surface area contributed by atoms with Crippen molar-refractivity contribution >= 4 is 22.8 Å². The normalized spacial score (nSPS) is 10.5. The third kappa shape index (κ3) is 3.64. The van der Waals surface area contributed by atoms with Crippen molar-refractivity contribution in [3.8, 4) is 11.6 Å². The molecule has 8 nitrogen and oxygen atoms in total. The van der Waals surface area contributed by atoms with E-state index < -0.39 is 5.56 Å². The van der Waals surface area contributed by atoms with Gasteiger partial charge in [0, 0.05) is 18.0 Å². The molecule has 0 spiro atoms. The smallest absolute Gasteiger partial charge is 0.315 e. The Morgan fingerprint density at radius 1 is 1.27 bits per heavy atom. The van der Waals surface area contributed by atoms with Crippen LogP contribution in [0.4, 0.5) is 5.69 Å². The van der Waals surface area contributed by atoms with Gasteiger partial charge in [-0.2, -0.15) is 0 Å². The molecule has 0 fully saturated rings. The topological polar surface area (TPSA) is 95.3 Å². The van der Waals surface area contributed by atoms with Crippen LogP contribution in [0, 0.1) is 0 Å². The van der Waals surface area contributed by atoms with Gasteiger partial charge in [-0.05, 0) is 31.2 Å². The standard InChI is InChI=1S/C18H18N4O4/c1-3-26-17-18(24)22(16-14(21-17)8-5-9-19-16)11-15(23)20-12-6-4-7-13(10-12)25-2/h4-10H,3,11H2,1-2H3,(H,20,23). The van der Waals surface area contributed by atoms with E-state index in [2.05, 4.69) is 15.3 Å². The highest BCUT2D eigenvalue weighted by Gasteiger charge is 2.15. The molecule has 0 aliphatic heterocycles. The van der Waals surface area contributed by atoms with Crippen molar-refractivity contribution in [2.45, 2.75) is 13.5 Å². The Labute approximate surface area is 149 Å². The first-order valence-corrected chi connectivity index (χ1v) is 8.04. The van der Waals surface area contributed by atoms with Crippen molar-refractivity contribution in [3.63, 3.8) is 0 Å². The van der Waals surface area contributed by atoms with Crippen LogP contribution in [0.2, 0.25) is 0 Å². The number of amides is 1. The van der Waals surface area contributed by atoms with E-state index in [1.165, 1.54) is 4.57 Å². The summed E-state index contributed by atoms with van der Waals surface area (Å²) in [4.78, 5) is 33.4. The lowest BCUT2D eigenvalue weighted by Crippen LogP contribution is -2.30. The van der Waals surface area contributed by atoms with Crippen LogP contribution in [0.25, 0.3) is 11.2 Å². The van der Waals surface area contributed by atoms with Crippen molar-refractivity contribution in [1.82, 2.24) is 14.5 Å². The van der Waals surface area contributed by atoms with Crippen molar-refractivity contribution in [1.29, 1.82) is 0 Å². The molecule has 3 aromatic rings. The van der Waals surface area contributed by atoms with Gasteiger partial charge in [-0.3, -0.25) is 14.2 Å². The molecule has 0 saturated heterocycles. The Balaban J connectivity index is 1.93. The lowest BCUT2D eigenvalue weighted by molar-refractivity contribution is -0.116. The van der Waals surface area contributed by atoms with E-state index in [9.17, 15) is 9.59 Å². The van der Waals surface area contributed by atoms with Gasteiger partial charge < -0.3 is 14.8 Å². The molecule has 1 aromatic carbocycles. The molecule has 2 heterocycles. The fourth-order valence-corrected chi connectivity index (χ4v) is 2.47. The Morgan fingerprint density at radius 2 is 2.12 bits per heavy atom. The van der Waals surface area contributed by atoms with Gasteiger partial charge in [-0.1, -0.05) is 6.07 Å². The zero-order valence-electron chi connectivity index (χ0n) is 14.4. The predicted octanol–water partition coefficient (Wildman–Crippen LogP) is 1.84. The predicted molar refractivity (Wildman–Crippen MR) is 96.6 cm³/mol. The highest BCUT2D eigenvalue weighted by atomic mass is 16.5. The summed E-state index contributed by atoms with van der Waals surface area (Å²) < 4.78 is 11.7. The van der Waals surface area contributed by atoms with Crippen molar-refractivity contribution in [2.24, 2.45) is 0 Å². The van der Waals surface area contributed by atoms with E-state index in [0.29, 0.717) is 29.2 Å². The second-order valence-electron chi connectivity index (χ2n) is 5.37. The number of benzene rings is 1. The van der Waals surface area contributed by atoms with E-state index >= 15 is 0 Å². The Morgan fingerprint density at radius 3 is 2.88 bits per heavy atom. The third-order valence-corrected chi connectivity index (χ3v) is 3.61. The third-order valence-electron chi connectivity index (χ3n) is 3.61. The van der Waals surface area contributed by atoms with Gasteiger partial charge in [0.05, 0.1) is 13.7 Å². The number of hydrogen-bond donors (Lipinski definition) is 1. The summed E-state index contributed by atoms with van der Waals surface area (Å²) in [7, 11) is 1.55. The maximum Gasteiger partial charge on any atom is 0.315 e. The minimum Gasteiger partial charge on any atom is -0.497 e. The van der Waals surface area contributed by atoms with Gasteiger partial charge in [0.2, 0.25) is 5.91 Å². The molecule has 0 aliphatic rings. The highest BCUT2D eigenvalue weighted by molar-refractivity contribution is 5.91. The number of carbonyl (C=O) groups excluding carboxylic acids is 1. The van der Waals surface area contributed by atoms with Gasteiger partial charge in [-0.15, -0.1) is 0 Å². The molecule has 2 aromatic heterocycles. The molecule has 1 N–H and O–H groups in total. The van der Waals surface area contributed by atoms with Crippen LogP contribution in [0.1, 0.15) is 6.92 Å². The van der Waals surface area contributed by atoms with Gasteiger partial charge in [0.15, 0.2) is 5.65 Å². The number of hydrogen-bond acceptors (Lipinski definition) is 6. The maximum atomic E-state index is 12.6. The molecule has 134 valence electrons. The molecule has 0 aliphatic carbocycles. The fourth-order valence-electron chi connectivity index (χ4n) is 2.47. The van der Waals surface area contributed by atoms with E-state index in [4.69, 9.17) is 9.47 Å². The molecule has 3 rings (SSSR count). The average molecular weight is 354 g/mol.